The van der Waals surface area contributed by atoms with Gasteiger partial charge in [-0.25, -0.2) is 0 Å². The number of aromatic nitrogens is 4. The maximum atomic E-state index is 12.2. The molecule has 1 aromatic carbocycles. The van der Waals surface area contributed by atoms with Gasteiger partial charge >= 0.3 is 0 Å². The summed E-state index contributed by atoms with van der Waals surface area (Å²) in [6.07, 6.45) is 7.38. The van der Waals surface area contributed by atoms with Crippen molar-refractivity contribution in [2.75, 3.05) is 77.6 Å². The van der Waals surface area contributed by atoms with Crippen LogP contribution in [0.15, 0.2) is 24.9 Å². The average Bonchev–Trinajstić information content (AvgIpc) is 3.60. The first-order valence-electron chi connectivity index (χ1n) is 18.1. The lowest BCUT2D eigenvalue weighted by atomic mass is 9.60. The standard InChI is InChI=1S/C37H50Cl2N8O3/c1-6-31(48)45-21-37(22-45)13-25(14-37)47-23(2)32(33-28-15-40-41-30(28)11-29(38)34(33)39)35(42-47)46-8-7-24(12-36(46,3)4)16-43-9-10-44(27-19-50-20-27)17-26(43)18-49-5/h6,11,15,24-27H,1,7-10,12-14,16-22H2,2-5H3,(H,40,41)/t24-,26-/m1/s1. The van der Waals surface area contributed by atoms with Crippen LogP contribution in [-0.2, 0) is 14.3 Å². The molecule has 8 rings (SSSR count). The zero-order valence-corrected chi connectivity index (χ0v) is 31.3. The molecule has 5 fully saturated rings. The van der Waals surface area contributed by atoms with Gasteiger partial charge in [0, 0.05) is 92.1 Å². The Bertz CT molecular complexity index is 1770. The van der Waals surface area contributed by atoms with Gasteiger partial charge in [0.25, 0.3) is 0 Å². The number of amides is 1. The van der Waals surface area contributed by atoms with Crippen LogP contribution in [0.4, 0.5) is 5.82 Å². The topological polar surface area (TPSA) is 95.0 Å². The van der Waals surface area contributed by atoms with Gasteiger partial charge in [0.1, 0.15) is 0 Å². The number of ether oxygens (including phenoxy) is 2. The number of piperazine rings is 1. The third-order valence-corrected chi connectivity index (χ3v) is 13.2. The number of halogens is 2. The summed E-state index contributed by atoms with van der Waals surface area (Å²) in [6.45, 7) is 19.8. The fourth-order valence-corrected chi connectivity index (χ4v) is 10.2. The normalized spacial score (nSPS) is 25.9. The Hall–Kier alpha value is -2.67. The van der Waals surface area contributed by atoms with Crippen molar-refractivity contribution in [1.29, 1.82) is 0 Å². The number of nitrogens with zero attached hydrogens (tertiary/aromatic N) is 7. The molecule has 0 radical (unpaired) electrons. The van der Waals surface area contributed by atoms with E-state index in [0.29, 0.717) is 28.0 Å². The second-order valence-corrected chi connectivity index (χ2v) is 17.0. The average molecular weight is 726 g/mol. The number of fused-ring (bicyclic) bond motifs is 1. The number of methoxy groups -OCH3 is 1. The number of carbonyl (C=O) groups excluding carboxylic acids is 1. The van der Waals surface area contributed by atoms with Gasteiger partial charge < -0.3 is 19.3 Å². The van der Waals surface area contributed by atoms with E-state index in [-0.39, 0.29) is 22.9 Å². The van der Waals surface area contributed by atoms with Crippen molar-refractivity contribution >= 4 is 45.8 Å². The van der Waals surface area contributed by atoms with Gasteiger partial charge in [-0.1, -0.05) is 29.8 Å². The SMILES string of the molecule is C=CC(=O)N1CC2(CC(n3nc(N4CC[C@@H](CN5CCN(C6COC6)C[C@@H]5COC)CC4(C)C)c(-c4c(Cl)c(Cl)cc5[nH]ncc45)c3C)C2)C1. The maximum Gasteiger partial charge on any atom is 0.245 e. The summed E-state index contributed by atoms with van der Waals surface area (Å²) in [6, 6.07) is 3.06. The number of likely N-dealkylation sites (tertiary alicyclic amines) is 1. The number of rotatable bonds is 9. The molecule has 2 aromatic heterocycles. The highest BCUT2D eigenvalue weighted by molar-refractivity contribution is 6.45. The molecule has 1 spiro atoms. The lowest BCUT2D eigenvalue weighted by Crippen LogP contribution is -2.63. The Morgan fingerprint density at radius 3 is 2.60 bits per heavy atom. The van der Waals surface area contributed by atoms with Gasteiger partial charge in [-0.05, 0) is 64.5 Å². The fourth-order valence-electron chi connectivity index (χ4n) is 9.72. The molecule has 270 valence electrons. The minimum absolute atomic E-state index is 0.0181. The molecule has 4 saturated heterocycles. The lowest BCUT2D eigenvalue weighted by molar-refractivity contribution is -0.149. The molecule has 1 amide bonds. The zero-order valence-electron chi connectivity index (χ0n) is 29.8. The van der Waals surface area contributed by atoms with Crippen LogP contribution in [0.1, 0.15) is 51.3 Å². The highest BCUT2D eigenvalue weighted by Crippen LogP contribution is 2.56. The summed E-state index contributed by atoms with van der Waals surface area (Å²) in [5.74, 6) is 1.54. The van der Waals surface area contributed by atoms with Crippen molar-refractivity contribution in [2.45, 2.75) is 70.1 Å². The molecule has 1 saturated carbocycles. The smallest absolute Gasteiger partial charge is 0.245 e. The van der Waals surface area contributed by atoms with Crippen LogP contribution < -0.4 is 4.90 Å². The Kier molecular flexibility index (Phi) is 9.00. The predicted octanol–water partition coefficient (Wildman–Crippen LogP) is 5.42. The first-order valence-corrected chi connectivity index (χ1v) is 18.9. The predicted molar refractivity (Wildman–Crippen MR) is 197 cm³/mol. The molecular weight excluding hydrogens is 675 g/mol. The molecule has 0 unspecified atom stereocenters. The van der Waals surface area contributed by atoms with Crippen molar-refractivity contribution in [3.8, 4) is 11.1 Å². The number of hydrogen-bond donors (Lipinski definition) is 1. The van der Waals surface area contributed by atoms with E-state index in [2.05, 4.69) is 56.9 Å². The largest absolute Gasteiger partial charge is 0.383 e. The number of nitrogens with one attached hydrogen (secondary N) is 1. The maximum absolute atomic E-state index is 12.2. The minimum atomic E-state index is -0.147. The Balaban J connectivity index is 1.07. The summed E-state index contributed by atoms with van der Waals surface area (Å²) in [5, 5.41) is 14.9. The number of carbonyl (C=O) groups is 1. The van der Waals surface area contributed by atoms with Gasteiger partial charge in [0.15, 0.2) is 5.82 Å². The van der Waals surface area contributed by atoms with Crippen LogP contribution >= 0.6 is 23.2 Å². The molecule has 6 heterocycles. The highest BCUT2D eigenvalue weighted by Gasteiger charge is 2.55. The molecule has 3 aromatic rings. The van der Waals surface area contributed by atoms with Crippen molar-refractivity contribution < 1.29 is 14.3 Å². The summed E-state index contributed by atoms with van der Waals surface area (Å²) >= 11 is 13.9. The van der Waals surface area contributed by atoms with Gasteiger partial charge in [-0.2, -0.15) is 10.2 Å². The van der Waals surface area contributed by atoms with Crippen LogP contribution in [0.2, 0.25) is 10.0 Å². The van der Waals surface area contributed by atoms with Crippen molar-refractivity contribution in [1.82, 2.24) is 34.7 Å². The van der Waals surface area contributed by atoms with Crippen LogP contribution in [0, 0.1) is 18.3 Å². The van der Waals surface area contributed by atoms with Crippen LogP contribution in [0.25, 0.3) is 22.0 Å². The lowest BCUT2D eigenvalue weighted by Gasteiger charge is -2.58. The van der Waals surface area contributed by atoms with Gasteiger partial charge in [0.2, 0.25) is 5.91 Å². The Morgan fingerprint density at radius 2 is 1.92 bits per heavy atom. The quantitative estimate of drug-likeness (QED) is 0.293. The third kappa shape index (κ3) is 5.86. The van der Waals surface area contributed by atoms with Crippen molar-refractivity contribution in [2.24, 2.45) is 11.3 Å². The number of H-pyrrole nitrogens is 1. The molecule has 1 aliphatic carbocycles. The summed E-state index contributed by atoms with van der Waals surface area (Å²) < 4.78 is 13.5. The molecule has 0 bridgehead atoms. The molecule has 11 nitrogen and oxygen atoms in total. The number of piperidine rings is 1. The third-order valence-electron chi connectivity index (χ3n) is 12.4. The Labute approximate surface area is 304 Å². The molecule has 1 N–H and O–H groups in total. The molecule has 13 heteroatoms. The van der Waals surface area contributed by atoms with Gasteiger partial charge in [-0.15, -0.1) is 0 Å². The van der Waals surface area contributed by atoms with Crippen LogP contribution in [0.5, 0.6) is 0 Å². The van der Waals surface area contributed by atoms with E-state index in [0.717, 1.165) is 125 Å². The van der Waals surface area contributed by atoms with Gasteiger partial charge in [-0.3, -0.25) is 24.4 Å². The van der Waals surface area contributed by atoms with E-state index < -0.39 is 0 Å². The minimum Gasteiger partial charge on any atom is -0.383 e. The molecule has 2 atom stereocenters. The van der Waals surface area contributed by atoms with Gasteiger partial charge in [0.05, 0.1) is 53.7 Å². The van der Waals surface area contributed by atoms with Crippen molar-refractivity contribution in [3.05, 3.63) is 40.7 Å². The van der Waals surface area contributed by atoms with E-state index in [9.17, 15) is 4.79 Å². The number of aromatic amines is 1. The number of benzene rings is 1. The second kappa shape index (κ2) is 13.1. The molecule has 4 aliphatic heterocycles. The zero-order chi connectivity index (χ0) is 34.9. The first kappa shape index (κ1) is 34.4. The summed E-state index contributed by atoms with van der Waals surface area (Å²) in [5.41, 5.74) is 3.88. The van der Waals surface area contributed by atoms with E-state index in [1.54, 1.807) is 0 Å². The van der Waals surface area contributed by atoms with E-state index in [1.165, 1.54) is 6.08 Å². The van der Waals surface area contributed by atoms with E-state index in [4.69, 9.17) is 37.8 Å². The molecule has 50 heavy (non-hydrogen) atoms. The molecular formula is C37H50Cl2N8O3. The van der Waals surface area contributed by atoms with E-state index >= 15 is 0 Å². The number of anilines is 1. The second-order valence-electron chi connectivity index (χ2n) is 16.2. The monoisotopic (exact) mass is 724 g/mol. The summed E-state index contributed by atoms with van der Waals surface area (Å²) in [4.78, 5) is 21.9. The fraction of sp³-hybridized carbons (Fsp3) is 0.649. The highest BCUT2D eigenvalue weighted by atomic mass is 35.5. The van der Waals surface area contributed by atoms with Crippen LogP contribution in [0.3, 0.4) is 0 Å². The van der Waals surface area contributed by atoms with Crippen LogP contribution in [-0.4, -0.2) is 131 Å². The first-order chi connectivity index (χ1) is 24.0. The number of hydrogen-bond acceptors (Lipinski definition) is 8. The Morgan fingerprint density at radius 1 is 1.14 bits per heavy atom. The summed E-state index contributed by atoms with van der Waals surface area (Å²) in [7, 11) is 1.82. The van der Waals surface area contributed by atoms with Crippen molar-refractivity contribution in [3.63, 3.8) is 0 Å². The van der Waals surface area contributed by atoms with E-state index in [1.807, 2.05) is 24.3 Å². The molecule has 5 aliphatic rings.